The van der Waals surface area contributed by atoms with Gasteiger partial charge in [0.1, 0.15) is 5.00 Å². The molecule has 0 aliphatic heterocycles. The molecule has 2 aromatic heterocycles. The van der Waals surface area contributed by atoms with E-state index in [1.807, 2.05) is 31.2 Å². The molecule has 1 amide bonds. The molecule has 0 unspecified atom stereocenters. The van der Waals surface area contributed by atoms with E-state index in [4.69, 9.17) is 9.47 Å². The van der Waals surface area contributed by atoms with Crippen LogP contribution in [0.25, 0.3) is 10.2 Å². The van der Waals surface area contributed by atoms with Gasteiger partial charge in [-0.3, -0.25) is 9.59 Å². The van der Waals surface area contributed by atoms with Gasteiger partial charge in [0.05, 0.1) is 27.4 Å². The number of fused-ring (bicyclic) bond motifs is 1. The SMILES string of the molecule is CCOC(=O)c1c(NC(=O)COC(=O)CCCc2nc3ccccc3s2)sc(C)c1C. The third-order valence-corrected chi connectivity index (χ3v) is 6.81. The molecule has 0 bridgehead atoms. The van der Waals surface area contributed by atoms with Gasteiger partial charge in [-0.15, -0.1) is 22.7 Å². The molecular weight excluding hydrogens is 436 g/mol. The first kappa shape index (κ1) is 22.9. The Hall–Kier alpha value is -2.78. The van der Waals surface area contributed by atoms with Crippen molar-refractivity contribution in [1.82, 2.24) is 4.98 Å². The summed E-state index contributed by atoms with van der Waals surface area (Å²) in [4.78, 5) is 41.8. The molecule has 0 aliphatic carbocycles. The molecule has 0 saturated heterocycles. The van der Waals surface area contributed by atoms with E-state index in [1.165, 1.54) is 11.3 Å². The Kier molecular flexibility index (Phi) is 7.75. The van der Waals surface area contributed by atoms with Gasteiger partial charge in [0.15, 0.2) is 6.61 Å². The number of hydrogen-bond donors (Lipinski definition) is 1. The molecule has 3 rings (SSSR count). The molecule has 3 aromatic rings. The molecule has 31 heavy (non-hydrogen) atoms. The Bertz CT molecular complexity index is 1070. The highest BCUT2D eigenvalue weighted by molar-refractivity contribution is 7.18. The van der Waals surface area contributed by atoms with Gasteiger partial charge in [0, 0.05) is 11.3 Å². The number of carbonyl (C=O) groups is 3. The van der Waals surface area contributed by atoms with Crippen LogP contribution in [0.1, 0.15) is 45.6 Å². The molecule has 1 aromatic carbocycles. The first-order valence-electron chi connectivity index (χ1n) is 9.96. The molecule has 7 nitrogen and oxygen atoms in total. The maximum absolute atomic E-state index is 12.2. The second-order valence-electron chi connectivity index (χ2n) is 6.85. The van der Waals surface area contributed by atoms with E-state index in [2.05, 4.69) is 10.3 Å². The van der Waals surface area contributed by atoms with Crippen molar-refractivity contribution < 1.29 is 23.9 Å². The van der Waals surface area contributed by atoms with Crippen molar-refractivity contribution in [3.63, 3.8) is 0 Å². The maximum Gasteiger partial charge on any atom is 0.341 e. The molecule has 2 heterocycles. The van der Waals surface area contributed by atoms with Crippen LogP contribution >= 0.6 is 22.7 Å². The number of rotatable bonds is 9. The van der Waals surface area contributed by atoms with Crippen molar-refractivity contribution in [1.29, 1.82) is 0 Å². The van der Waals surface area contributed by atoms with Crippen LogP contribution < -0.4 is 5.32 Å². The minimum atomic E-state index is -0.494. The monoisotopic (exact) mass is 460 g/mol. The summed E-state index contributed by atoms with van der Waals surface area (Å²) in [6.07, 6.45) is 1.47. The van der Waals surface area contributed by atoms with Gasteiger partial charge in [-0.2, -0.15) is 0 Å². The molecule has 0 aliphatic rings. The van der Waals surface area contributed by atoms with Crippen LogP contribution in [0, 0.1) is 13.8 Å². The molecule has 1 N–H and O–H groups in total. The Morgan fingerprint density at radius 1 is 1.10 bits per heavy atom. The second-order valence-corrected chi connectivity index (χ2v) is 9.19. The number of nitrogens with zero attached hydrogens (tertiary/aromatic N) is 1. The first-order valence-corrected chi connectivity index (χ1v) is 11.6. The van der Waals surface area contributed by atoms with E-state index in [9.17, 15) is 14.4 Å². The third kappa shape index (κ3) is 5.89. The normalized spacial score (nSPS) is 10.8. The zero-order valence-corrected chi connectivity index (χ0v) is 19.3. The lowest BCUT2D eigenvalue weighted by molar-refractivity contribution is -0.147. The number of aryl methyl sites for hydroxylation is 2. The van der Waals surface area contributed by atoms with Gasteiger partial charge in [0.25, 0.3) is 5.91 Å². The van der Waals surface area contributed by atoms with Crippen molar-refractivity contribution in [3.05, 3.63) is 45.3 Å². The molecule has 9 heteroatoms. The summed E-state index contributed by atoms with van der Waals surface area (Å²) < 4.78 is 11.3. The summed E-state index contributed by atoms with van der Waals surface area (Å²) in [5.41, 5.74) is 2.08. The number of benzene rings is 1. The zero-order valence-electron chi connectivity index (χ0n) is 17.6. The number of nitrogens with one attached hydrogen (secondary N) is 1. The number of amides is 1. The summed E-state index contributed by atoms with van der Waals surface area (Å²) in [5, 5.41) is 4.04. The van der Waals surface area contributed by atoms with Crippen LogP contribution in [0.2, 0.25) is 0 Å². The standard InChI is InChI=1S/C22H24N2O5S2/c1-4-28-22(27)20-13(2)14(3)30-21(20)24-17(25)12-29-19(26)11-7-10-18-23-15-8-5-6-9-16(15)31-18/h5-6,8-9H,4,7,10-12H2,1-3H3,(H,24,25). The lowest BCUT2D eigenvalue weighted by atomic mass is 10.1. The number of hydrogen-bond acceptors (Lipinski definition) is 8. The molecular formula is C22H24N2O5S2. The molecule has 0 spiro atoms. The fourth-order valence-corrected chi connectivity index (χ4v) is 5.03. The lowest BCUT2D eigenvalue weighted by Gasteiger charge is -2.08. The topological polar surface area (TPSA) is 94.6 Å². The molecule has 164 valence electrons. The fraction of sp³-hybridized carbons (Fsp3) is 0.364. The average Bonchev–Trinajstić information content (AvgIpc) is 3.26. The van der Waals surface area contributed by atoms with Gasteiger partial charge in [-0.1, -0.05) is 12.1 Å². The number of carbonyl (C=O) groups excluding carboxylic acids is 3. The van der Waals surface area contributed by atoms with E-state index in [0.717, 1.165) is 25.7 Å². The van der Waals surface area contributed by atoms with Crippen molar-refractivity contribution in [3.8, 4) is 0 Å². The van der Waals surface area contributed by atoms with Crippen LogP contribution in [-0.4, -0.2) is 36.0 Å². The second kappa shape index (κ2) is 10.5. The van der Waals surface area contributed by atoms with Gasteiger partial charge < -0.3 is 14.8 Å². The van der Waals surface area contributed by atoms with Crippen molar-refractivity contribution in [2.75, 3.05) is 18.5 Å². The van der Waals surface area contributed by atoms with Gasteiger partial charge >= 0.3 is 11.9 Å². The van der Waals surface area contributed by atoms with Crippen LogP contribution in [0.3, 0.4) is 0 Å². The molecule has 0 radical (unpaired) electrons. The minimum absolute atomic E-state index is 0.203. The van der Waals surface area contributed by atoms with Crippen LogP contribution in [-0.2, 0) is 25.5 Å². The quantitative estimate of drug-likeness (QED) is 0.467. The largest absolute Gasteiger partial charge is 0.462 e. The number of esters is 2. The Morgan fingerprint density at radius 3 is 2.61 bits per heavy atom. The van der Waals surface area contributed by atoms with E-state index in [-0.39, 0.29) is 13.0 Å². The third-order valence-electron chi connectivity index (χ3n) is 4.59. The summed E-state index contributed by atoms with van der Waals surface area (Å²) >= 11 is 2.91. The van der Waals surface area contributed by atoms with Crippen molar-refractivity contribution >= 4 is 55.7 Å². The lowest BCUT2D eigenvalue weighted by Crippen LogP contribution is -2.21. The van der Waals surface area contributed by atoms with E-state index in [0.29, 0.717) is 23.4 Å². The van der Waals surface area contributed by atoms with Gasteiger partial charge in [-0.05, 0) is 51.3 Å². The molecule has 0 saturated carbocycles. The Balaban J connectivity index is 1.45. The number of ether oxygens (including phenoxy) is 2. The Labute approximate surface area is 188 Å². The highest BCUT2D eigenvalue weighted by Gasteiger charge is 2.22. The molecule has 0 atom stereocenters. The predicted octanol–water partition coefficient (Wildman–Crippen LogP) is 4.66. The highest BCUT2D eigenvalue weighted by atomic mass is 32.1. The van der Waals surface area contributed by atoms with Gasteiger partial charge in [0.2, 0.25) is 0 Å². The smallest absolute Gasteiger partial charge is 0.341 e. The average molecular weight is 461 g/mol. The summed E-state index contributed by atoms with van der Waals surface area (Å²) in [6.45, 7) is 5.23. The summed E-state index contributed by atoms with van der Waals surface area (Å²) in [6, 6.07) is 7.91. The first-order chi connectivity index (χ1) is 14.9. The minimum Gasteiger partial charge on any atom is -0.462 e. The van der Waals surface area contributed by atoms with Crippen LogP contribution in [0.15, 0.2) is 24.3 Å². The van der Waals surface area contributed by atoms with Gasteiger partial charge in [-0.25, -0.2) is 9.78 Å². The van der Waals surface area contributed by atoms with Crippen LogP contribution in [0.4, 0.5) is 5.00 Å². The number of para-hydroxylation sites is 1. The number of thiophene rings is 1. The van der Waals surface area contributed by atoms with E-state index < -0.39 is 24.5 Å². The molecule has 0 fully saturated rings. The summed E-state index contributed by atoms with van der Waals surface area (Å²) in [7, 11) is 0. The van der Waals surface area contributed by atoms with E-state index in [1.54, 1.807) is 25.2 Å². The Morgan fingerprint density at radius 2 is 1.87 bits per heavy atom. The zero-order chi connectivity index (χ0) is 22.4. The predicted molar refractivity (Wildman–Crippen MR) is 122 cm³/mol. The summed E-state index contributed by atoms with van der Waals surface area (Å²) in [5.74, 6) is -1.42. The van der Waals surface area contributed by atoms with Crippen molar-refractivity contribution in [2.24, 2.45) is 0 Å². The fourth-order valence-electron chi connectivity index (χ4n) is 2.96. The van der Waals surface area contributed by atoms with Crippen molar-refractivity contribution in [2.45, 2.75) is 40.0 Å². The van der Waals surface area contributed by atoms with Crippen LogP contribution in [0.5, 0.6) is 0 Å². The number of thiazole rings is 1. The maximum atomic E-state index is 12.2. The van der Waals surface area contributed by atoms with E-state index >= 15 is 0 Å². The number of aromatic nitrogens is 1. The highest BCUT2D eigenvalue weighted by Crippen LogP contribution is 2.33. The number of anilines is 1.